The number of hydrogen-bond donors (Lipinski definition) is 4. The smallest absolute Gasteiger partial charge is 0.315 e. The number of hydrogen-bond acceptors (Lipinski definition) is 3. The second-order valence-electron chi connectivity index (χ2n) is 5.65. The first-order valence-electron chi connectivity index (χ1n) is 7.05. The second kappa shape index (κ2) is 7.66. The van der Waals surface area contributed by atoms with Crippen molar-refractivity contribution in [1.82, 2.24) is 16.0 Å². The van der Waals surface area contributed by atoms with Crippen molar-refractivity contribution in [1.29, 1.82) is 0 Å². The molecule has 0 saturated heterocycles. The van der Waals surface area contributed by atoms with Crippen molar-refractivity contribution in [2.24, 2.45) is 11.8 Å². The lowest BCUT2D eigenvalue weighted by Crippen LogP contribution is -2.50. The van der Waals surface area contributed by atoms with Crippen molar-refractivity contribution < 1.29 is 19.5 Å². The molecule has 3 unspecified atom stereocenters. The van der Waals surface area contributed by atoms with Crippen LogP contribution in [0.4, 0.5) is 4.79 Å². The first kappa shape index (κ1) is 17.0. The molecule has 1 aliphatic carbocycles. The van der Waals surface area contributed by atoms with E-state index in [0.29, 0.717) is 18.9 Å². The third kappa shape index (κ3) is 5.85. The van der Waals surface area contributed by atoms with Crippen LogP contribution >= 0.6 is 0 Å². The summed E-state index contributed by atoms with van der Waals surface area (Å²) in [5.74, 6) is -1.38. The van der Waals surface area contributed by atoms with Gasteiger partial charge >= 0.3 is 12.0 Å². The van der Waals surface area contributed by atoms with Crippen molar-refractivity contribution in [3.05, 3.63) is 12.2 Å². The monoisotopic (exact) mass is 297 g/mol. The molecule has 0 heterocycles. The maximum Gasteiger partial charge on any atom is 0.315 e. The van der Waals surface area contributed by atoms with E-state index in [1.807, 2.05) is 13.8 Å². The van der Waals surface area contributed by atoms with Crippen molar-refractivity contribution in [2.45, 2.75) is 39.3 Å². The van der Waals surface area contributed by atoms with Gasteiger partial charge in [0, 0.05) is 6.54 Å². The molecular weight excluding hydrogens is 274 g/mol. The van der Waals surface area contributed by atoms with E-state index in [4.69, 9.17) is 5.11 Å². The zero-order valence-corrected chi connectivity index (χ0v) is 12.6. The molecule has 4 N–H and O–H groups in total. The summed E-state index contributed by atoms with van der Waals surface area (Å²) in [5, 5.41) is 16.7. The average Bonchev–Trinajstić information content (AvgIpc) is 2.84. The molecule has 118 valence electrons. The van der Waals surface area contributed by atoms with Gasteiger partial charge in [-0.25, -0.2) is 4.79 Å². The Morgan fingerprint density at radius 2 is 1.90 bits per heavy atom. The zero-order chi connectivity index (χ0) is 16.0. The number of rotatable bonds is 6. The molecule has 0 aromatic rings. The largest absolute Gasteiger partial charge is 0.481 e. The standard InChI is InChI=1S/C14H23N3O4/c1-8(2)7-15-12(18)9(3)16-14(21)17-11-5-4-10(6-11)13(19)20/h4-5,8-11H,6-7H2,1-3H3,(H,15,18)(H,19,20)(H2,16,17,21). The zero-order valence-electron chi connectivity index (χ0n) is 12.6. The van der Waals surface area contributed by atoms with Gasteiger partial charge in [-0.3, -0.25) is 9.59 Å². The van der Waals surface area contributed by atoms with Gasteiger partial charge in [0.2, 0.25) is 5.91 Å². The average molecular weight is 297 g/mol. The fraction of sp³-hybridized carbons (Fsp3) is 0.643. The first-order chi connectivity index (χ1) is 9.79. The molecule has 0 spiro atoms. The van der Waals surface area contributed by atoms with Crippen LogP contribution in [0.25, 0.3) is 0 Å². The number of urea groups is 1. The van der Waals surface area contributed by atoms with Gasteiger partial charge in [-0.2, -0.15) is 0 Å². The van der Waals surface area contributed by atoms with E-state index >= 15 is 0 Å². The number of nitrogens with one attached hydrogen (secondary N) is 3. The predicted octanol–water partition coefficient (Wildman–Crippen LogP) is 0.476. The maximum absolute atomic E-state index is 11.7. The molecule has 7 nitrogen and oxygen atoms in total. The second-order valence-corrected chi connectivity index (χ2v) is 5.65. The molecule has 7 heteroatoms. The number of carboxylic acid groups (broad SMARTS) is 1. The quantitative estimate of drug-likeness (QED) is 0.535. The Morgan fingerprint density at radius 1 is 1.24 bits per heavy atom. The van der Waals surface area contributed by atoms with Crippen LogP contribution in [0, 0.1) is 11.8 Å². The van der Waals surface area contributed by atoms with E-state index in [-0.39, 0.29) is 11.9 Å². The van der Waals surface area contributed by atoms with Crippen LogP contribution in [0.2, 0.25) is 0 Å². The Hall–Kier alpha value is -2.05. The third-order valence-electron chi connectivity index (χ3n) is 3.14. The van der Waals surface area contributed by atoms with Gasteiger partial charge in [-0.1, -0.05) is 26.0 Å². The minimum Gasteiger partial charge on any atom is -0.481 e. The van der Waals surface area contributed by atoms with Crippen LogP contribution in [0.5, 0.6) is 0 Å². The topological polar surface area (TPSA) is 108 Å². The summed E-state index contributed by atoms with van der Waals surface area (Å²) >= 11 is 0. The highest BCUT2D eigenvalue weighted by molar-refractivity contribution is 5.86. The molecule has 3 atom stereocenters. The summed E-state index contributed by atoms with van der Waals surface area (Å²) in [7, 11) is 0. The molecule has 0 aromatic carbocycles. The number of carbonyl (C=O) groups is 3. The van der Waals surface area contributed by atoms with Crippen LogP contribution in [-0.2, 0) is 9.59 Å². The molecule has 0 fully saturated rings. The lowest BCUT2D eigenvalue weighted by Gasteiger charge is -2.17. The predicted molar refractivity (Wildman–Crippen MR) is 77.6 cm³/mol. The summed E-state index contributed by atoms with van der Waals surface area (Å²) in [4.78, 5) is 34.3. The molecule has 0 bridgehead atoms. The minimum absolute atomic E-state index is 0.246. The van der Waals surface area contributed by atoms with E-state index < -0.39 is 24.0 Å². The number of amides is 3. The molecule has 1 rings (SSSR count). The fourth-order valence-corrected chi connectivity index (χ4v) is 1.92. The SMILES string of the molecule is CC(C)CNC(=O)C(C)NC(=O)NC1C=CC(C(=O)O)C1. The maximum atomic E-state index is 11.7. The van der Waals surface area contributed by atoms with E-state index in [1.165, 1.54) is 0 Å². The summed E-state index contributed by atoms with van der Waals surface area (Å²) in [6, 6.07) is -1.45. The Balaban J connectivity index is 2.32. The summed E-state index contributed by atoms with van der Waals surface area (Å²) < 4.78 is 0. The van der Waals surface area contributed by atoms with Gasteiger partial charge in [0.25, 0.3) is 0 Å². The van der Waals surface area contributed by atoms with E-state index in [1.54, 1.807) is 19.1 Å². The van der Waals surface area contributed by atoms with Crippen LogP contribution in [0.15, 0.2) is 12.2 Å². The number of aliphatic carboxylic acids is 1. The van der Waals surface area contributed by atoms with Crippen LogP contribution in [0.1, 0.15) is 27.2 Å². The molecule has 0 aromatic heterocycles. The Morgan fingerprint density at radius 3 is 2.43 bits per heavy atom. The minimum atomic E-state index is -0.905. The normalized spacial score (nSPS) is 21.9. The van der Waals surface area contributed by atoms with Crippen LogP contribution < -0.4 is 16.0 Å². The van der Waals surface area contributed by atoms with Gasteiger partial charge in [0.1, 0.15) is 6.04 Å². The van der Waals surface area contributed by atoms with Crippen molar-refractivity contribution in [3.8, 4) is 0 Å². The van der Waals surface area contributed by atoms with Crippen LogP contribution in [0.3, 0.4) is 0 Å². The van der Waals surface area contributed by atoms with Gasteiger partial charge < -0.3 is 21.1 Å². The van der Waals surface area contributed by atoms with Gasteiger partial charge in [-0.05, 0) is 19.3 Å². The molecule has 0 aliphatic heterocycles. The van der Waals surface area contributed by atoms with Crippen LogP contribution in [-0.4, -0.2) is 41.6 Å². The highest BCUT2D eigenvalue weighted by atomic mass is 16.4. The third-order valence-corrected chi connectivity index (χ3v) is 3.14. The van der Waals surface area contributed by atoms with Crippen molar-refractivity contribution in [2.75, 3.05) is 6.54 Å². The van der Waals surface area contributed by atoms with Gasteiger partial charge in [0.05, 0.1) is 12.0 Å². The highest BCUT2D eigenvalue weighted by Crippen LogP contribution is 2.17. The lowest BCUT2D eigenvalue weighted by atomic mass is 10.1. The molecular formula is C14H23N3O4. The van der Waals surface area contributed by atoms with E-state index in [0.717, 1.165) is 0 Å². The highest BCUT2D eigenvalue weighted by Gasteiger charge is 2.26. The Bertz CT molecular complexity index is 434. The molecule has 0 saturated carbocycles. The number of carbonyl (C=O) groups excluding carboxylic acids is 2. The van der Waals surface area contributed by atoms with E-state index in [2.05, 4.69) is 16.0 Å². The Labute approximate surface area is 124 Å². The molecule has 3 amide bonds. The molecule has 21 heavy (non-hydrogen) atoms. The molecule has 1 aliphatic rings. The fourth-order valence-electron chi connectivity index (χ4n) is 1.92. The number of carboxylic acids is 1. The summed E-state index contributed by atoms with van der Waals surface area (Å²) in [5.41, 5.74) is 0. The first-order valence-corrected chi connectivity index (χ1v) is 7.05. The van der Waals surface area contributed by atoms with Crippen molar-refractivity contribution >= 4 is 17.9 Å². The lowest BCUT2D eigenvalue weighted by molar-refractivity contribution is -0.140. The summed E-state index contributed by atoms with van der Waals surface area (Å²) in [6.07, 6.45) is 3.55. The van der Waals surface area contributed by atoms with Gasteiger partial charge in [0.15, 0.2) is 0 Å². The van der Waals surface area contributed by atoms with E-state index in [9.17, 15) is 14.4 Å². The summed E-state index contributed by atoms with van der Waals surface area (Å²) in [6.45, 7) is 6.12. The molecule has 0 radical (unpaired) electrons. The van der Waals surface area contributed by atoms with Crippen molar-refractivity contribution in [3.63, 3.8) is 0 Å². The van der Waals surface area contributed by atoms with Gasteiger partial charge in [-0.15, -0.1) is 0 Å². The Kier molecular flexibility index (Phi) is 6.20.